The van der Waals surface area contributed by atoms with E-state index >= 15 is 0 Å². The Morgan fingerprint density at radius 2 is 2.16 bits per heavy atom. The highest BCUT2D eigenvalue weighted by molar-refractivity contribution is 7.17. The molecule has 2 aromatic rings. The Kier molecular flexibility index (Phi) is 4.87. The molecule has 2 aromatic heterocycles. The van der Waals surface area contributed by atoms with Gasteiger partial charge in [-0.15, -0.1) is 11.3 Å². The highest BCUT2D eigenvalue weighted by Gasteiger charge is 2.37. The number of carboxylic acids is 1. The second kappa shape index (κ2) is 6.93. The summed E-state index contributed by atoms with van der Waals surface area (Å²) in [6, 6.07) is 0. The molecule has 9 heteroatoms. The van der Waals surface area contributed by atoms with Gasteiger partial charge in [0, 0.05) is 32.0 Å². The lowest BCUT2D eigenvalue weighted by Crippen LogP contribution is -2.53. The zero-order valence-corrected chi connectivity index (χ0v) is 14.9. The average molecular weight is 364 g/mol. The summed E-state index contributed by atoms with van der Waals surface area (Å²) in [5.41, 5.74) is 0.700. The first-order chi connectivity index (χ1) is 11.9. The molecule has 1 aliphatic rings. The molecule has 0 aromatic carbocycles. The first-order valence-electron chi connectivity index (χ1n) is 7.97. The third-order valence-corrected chi connectivity index (χ3v) is 5.48. The minimum absolute atomic E-state index is 0.116. The SMILES string of the molecule is Cc1nc(-c2cnn(C)c2)sc1C(=O)NC1(CC(=O)O)CCOCC1. The van der Waals surface area contributed by atoms with Gasteiger partial charge in [-0.05, 0) is 19.8 Å². The van der Waals surface area contributed by atoms with Gasteiger partial charge in [0.15, 0.2) is 0 Å². The third-order valence-electron chi connectivity index (χ3n) is 4.27. The number of rotatable bonds is 5. The molecule has 0 atom stereocenters. The number of aliphatic carboxylic acids is 1. The van der Waals surface area contributed by atoms with Crippen LogP contribution in [0.5, 0.6) is 0 Å². The van der Waals surface area contributed by atoms with Crippen LogP contribution in [0.3, 0.4) is 0 Å². The van der Waals surface area contributed by atoms with Gasteiger partial charge >= 0.3 is 5.97 Å². The number of carbonyl (C=O) groups is 2. The molecule has 2 N–H and O–H groups in total. The van der Waals surface area contributed by atoms with Crippen molar-refractivity contribution in [1.29, 1.82) is 0 Å². The molecule has 0 radical (unpaired) electrons. The molecule has 8 nitrogen and oxygen atoms in total. The molecule has 0 saturated carbocycles. The number of thiazole rings is 1. The minimum atomic E-state index is -0.931. The fourth-order valence-electron chi connectivity index (χ4n) is 2.96. The smallest absolute Gasteiger partial charge is 0.305 e. The van der Waals surface area contributed by atoms with Crippen molar-refractivity contribution < 1.29 is 19.4 Å². The van der Waals surface area contributed by atoms with E-state index in [9.17, 15) is 14.7 Å². The van der Waals surface area contributed by atoms with E-state index in [1.165, 1.54) is 11.3 Å². The average Bonchev–Trinajstić information content (AvgIpc) is 3.13. The molecule has 1 fully saturated rings. The molecule has 134 valence electrons. The van der Waals surface area contributed by atoms with Gasteiger partial charge < -0.3 is 15.2 Å². The monoisotopic (exact) mass is 364 g/mol. The second-order valence-corrected chi connectivity index (χ2v) is 7.25. The molecule has 1 saturated heterocycles. The number of aromatic nitrogens is 3. The topological polar surface area (TPSA) is 106 Å². The van der Waals surface area contributed by atoms with Crippen LogP contribution in [0.15, 0.2) is 12.4 Å². The summed E-state index contributed by atoms with van der Waals surface area (Å²) in [4.78, 5) is 29.0. The Labute approximate surface area is 148 Å². The van der Waals surface area contributed by atoms with Crippen LogP contribution in [-0.2, 0) is 16.6 Å². The van der Waals surface area contributed by atoms with Crippen molar-refractivity contribution >= 4 is 23.2 Å². The van der Waals surface area contributed by atoms with Crippen LogP contribution < -0.4 is 5.32 Å². The van der Waals surface area contributed by atoms with Crippen LogP contribution in [0, 0.1) is 6.92 Å². The van der Waals surface area contributed by atoms with Crippen molar-refractivity contribution in [3.8, 4) is 10.6 Å². The normalized spacial score (nSPS) is 16.6. The fourth-order valence-corrected chi connectivity index (χ4v) is 3.89. The van der Waals surface area contributed by atoms with E-state index < -0.39 is 11.5 Å². The van der Waals surface area contributed by atoms with Gasteiger partial charge in [0.1, 0.15) is 9.88 Å². The molecule has 0 unspecified atom stereocenters. The van der Waals surface area contributed by atoms with Gasteiger partial charge in [-0.25, -0.2) is 4.98 Å². The zero-order chi connectivity index (χ0) is 18.0. The maximum atomic E-state index is 12.8. The second-order valence-electron chi connectivity index (χ2n) is 6.25. The van der Waals surface area contributed by atoms with Crippen molar-refractivity contribution in [1.82, 2.24) is 20.1 Å². The molecule has 1 amide bonds. The molecule has 1 aliphatic heterocycles. The molecule has 0 spiro atoms. The lowest BCUT2D eigenvalue weighted by molar-refractivity contribution is -0.139. The summed E-state index contributed by atoms with van der Waals surface area (Å²) in [6.45, 7) is 2.66. The van der Waals surface area contributed by atoms with Crippen LogP contribution >= 0.6 is 11.3 Å². The summed E-state index contributed by atoms with van der Waals surface area (Å²) in [7, 11) is 1.82. The maximum absolute atomic E-state index is 12.8. The van der Waals surface area contributed by atoms with Crippen molar-refractivity contribution in [3.05, 3.63) is 23.0 Å². The van der Waals surface area contributed by atoms with E-state index in [-0.39, 0.29) is 12.3 Å². The van der Waals surface area contributed by atoms with E-state index in [4.69, 9.17) is 4.74 Å². The first kappa shape index (κ1) is 17.6. The summed E-state index contributed by atoms with van der Waals surface area (Å²) >= 11 is 1.29. The molecule has 3 rings (SSSR count). The standard InChI is InChI=1S/C16H20N4O4S/c1-10-13(25-15(18-10)11-8-17-20(2)9-11)14(23)19-16(7-12(21)22)3-5-24-6-4-16/h8-9H,3-7H2,1-2H3,(H,19,23)(H,21,22). The van der Waals surface area contributed by atoms with Crippen molar-refractivity contribution in [3.63, 3.8) is 0 Å². The van der Waals surface area contributed by atoms with Crippen LogP contribution in [0.25, 0.3) is 10.6 Å². The Morgan fingerprint density at radius 1 is 1.44 bits per heavy atom. The van der Waals surface area contributed by atoms with Crippen molar-refractivity contribution in [2.75, 3.05) is 13.2 Å². The minimum Gasteiger partial charge on any atom is -0.481 e. The van der Waals surface area contributed by atoms with Gasteiger partial charge in [-0.1, -0.05) is 0 Å². The van der Waals surface area contributed by atoms with Gasteiger partial charge in [-0.2, -0.15) is 5.10 Å². The molecule has 25 heavy (non-hydrogen) atoms. The first-order valence-corrected chi connectivity index (χ1v) is 8.79. The van der Waals surface area contributed by atoms with E-state index in [2.05, 4.69) is 15.4 Å². The quantitative estimate of drug-likeness (QED) is 0.835. The number of nitrogens with zero attached hydrogens (tertiary/aromatic N) is 3. The fraction of sp³-hybridized carbons (Fsp3) is 0.500. The number of hydrogen-bond acceptors (Lipinski definition) is 6. The number of nitrogens with one attached hydrogen (secondary N) is 1. The highest BCUT2D eigenvalue weighted by atomic mass is 32.1. The van der Waals surface area contributed by atoms with Crippen molar-refractivity contribution in [2.45, 2.75) is 31.7 Å². The molecule has 0 bridgehead atoms. The summed E-state index contributed by atoms with van der Waals surface area (Å²) in [5.74, 6) is -1.22. The molecule has 0 aliphatic carbocycles. The number of carbonyl (C=O) groups excluding carboxylic acids is 1. The Bertz CT molecular complexity index is 792. The Morgan fingerprint density at radius 3 is 2.76 bits per heavy atom. The Balaban J connectivity index is 1.82. The van der Waals surface area contributed by atoms with Gasteiger partial charge in [0.05, 0.1) is 23.9 Å². The summed E-state index contributed by atoms with van der Waals surface area (Å²) < 4.78 is 6.99. The van der Waals surface area contributed by atoms with Crippen LogP contribution in [-0.4, -0.2) is 50.5 Å². The van der Waals surface area contributed by atoms with E-state index in [1.54, 1.807) is 17.8 Å². The summed E-state index contributed by atoms with van der Waals surface area (Å²) in [6.07, 6.45) is 4.39. The van der Waals surface area contributed by atoms with E-state index in [0.717, 1.165) is 10.6 Å². The summed E-state index contributed by atoms with van der Waals surface area (Å²) in [5, 5.41) is 17.0. The predicted octanol–water partition coefficient (Wildman–Crippen LogP) is 1.61. The zero-order valence-electron chi connectivity index (χ0n) is 14.1. The highest BCUT2D eigenvalue weighted by Crippen LogP contribution is 2.30. The number of amides is 1. The third kappa shape index (κ3) is 3.88. The van der Waals surface area contributed by atoms with Gasteiger partial charge in [0.25, 0.3) is 5.91 Å². The molecule has 3 heterocycles. The number of hydrogen-bond donors (Lipinski definition) is 2. The lowest BCUT2D eigenvalue weighted by atomic mass is 9.86. The van der Waals surface area contributed by atoms with Gasteiger partial charge in [0.2, 0.25) is 0 Å². The van der Waals surface area contributed by atoms with Crippen LogP contribution in [0.4, 0.5) is 0 Å². The number of carboxylic acid groups (broad SMARTS) is 1. The van der Waals surface area contributed by atoms with Crippen molar-refractivity contribution in [2.24, 2.45) is 7.05 Å². The number of ether oxygens (including phenoxy) is 1. The molecular weight excluding hydrogens is 344 g/mol. The van der Waals surface area contributed by atoms with Crippen LogP contribution in [0.2, 0.25) is 0 Å². The van der Waals surface area contributed by atoms with Crippen LogP contribution in [0.1, 0.15) is 34.6 Å². The van der Waals surface area contributed by atoms with E-state index in [1.807, 2.05) is 13.2 Å². The van der Waals surface area contributed by atoms with E-state index in [0.29, 0.717) is 36.6 Å². The predicted molar refractivity (Wildman–Crippen MR) is 91.6 cm³/mol. The van der Waals surface area contributed by atoms with Gasteiger partial charge in [-0.3, -0.25) is 14.3 Å². The maximum Gasteiger partial charge on any atom is 0.305 e. The Hall–Kier alpha value is -2.26. The lowest BCUT2D eigenvalue weighted by Gasteiger charge is -2.36. The largest absolute Gasteiger partial charge is 0.481 e. The number of aryl methyl sites for hydroxylation is 2. The molecular formula is C16H20N4O4S.